The van der Waals surface area contributed by atoms with Crippen molar-refractivity contribution >= 4 is 0 Å². The van der Waals surface area contributed by atoms with Gasteiger partial charge in [0.25, 0.3) is 0 Å². The summed E-state index contributed by atoms with van der Waals surface area (Å²) in [5, 5.41) is 0. The van der Waals surface area contributed by atoms with Gasteiger partial charge in [0.15, 0.2) is 0 Å². The summed E-state index contributed by atoms with van der Waals surface area (Å²) in [5.41, 5.74) is 6.13. The summed E-state index contributed by atoms with van der Waals surface area (Å²) in [5.74, 6) is 0.819. The Morgan fingerprint density at radius 1 is 1.12 bits per heavy atom. The monoisotopic (exact) mass is 224 g/mol. The van der Waals surface area contributed by atoms with E-state index in [2.05, 4.69) is 18.7 Å². The Bertz CT molecular complexity index is 219. The average molecular weight is 224 g/mol. The molecule has 1 unspecified atom stereocenters. The molecule has 1 heterocycles. The van der Waals surface area contributed by atoms with Crippen LogP contribution in [-0.4, -0.2) is 29.6 Å². The van der Waals surface area contributed by atoms with E-state index >= 15 is 0 Å². The Balaban J connectivity index is 1.99. The van der Waals surface area contributed by atoms with Crippen molar-refractivity contribution in [3.8, 4) is 0 Å². The summed E-state index contributed by atoms with van der Waals surface area (Å²) >= 11 is 0. The molecule has 0 aromatic heterocycles. The number of nitrogens with zero attached hydrogens (tertiary/aromatic N) is 1. The first-order valence-electron chi connectivity index (χ1n) is 7.13. The molecule has 1 aliphatic heterocycles. The van der Waals surface area contributed by atoms with Crippen molar-refractivity contribution in [3.05, 3.63) is 0 Å². The third-order valence-electron chi connectivity index (χ3n) is 4.99. The number of nitrogens with two attached hydrogens (primary N) is 1. The molecule has 1 saturated heterocycles. The van der Waals surface area contributed by atoms with Crippen LogP contribution in [0.2, 0.25) is 0 Å². The smallest absolute Gasteiger partial charge is 0.0185 e. The Hall–Kier alpha value is -0.0800. The fourth-order valence-corrected chi connectivity index (χ4v) is 3.92. The molecule has 1 aliphatic carbocycles. The lowest BCUT2D eigenvalue weighted by Gasteiger charge is -2.43. The highest BCUT2D eigenvalue weighted by atomic mass is 15.2. The Kier molecular flexibility index (Phi) is 3.91. The summed E-state index contributed by atoms with van der Waals surface area (Å²) in [7, 11) is 0. The number of hydrogen-bond acceptors (Lipinski definition) is 2. The SMILES string of the molecule is CC1(C)C(CCN)CCN1C1CCCCC1. The Morgan fingerprint density at radius 3 is 2.44 bits per heavy atom. The van der Waals surface area contributed by atoms with Gasteiger partial charge in [-0.15, -0.1) is 0 Å². The van der Waals surface area contributed by atoms with Crippen LogP contribution in [0.1, 0.15) is 58.8 Å². The summed E-state index contributed by atoms with van der Waals surface area (Å²) in [6.07, 6.45) is 9.77. The molecule has 2 fully saturated rings. The minimum absolute atomic E-state index is 0.390. The van der Waals surface area contributed by atoms with Gasteiger partial charge >= 0.3 is 0 Å². The molecule has 2 nitrogen and oxygen atoms in total. The van der Waals surface area contributed by atoms with E-state index in [-0.39, 0.29) is 0 Å². The lowest BCUT2D eigenvalue weighted by Crippen LogP contribution is -2.49. The minimum atomic E-state index is 0.390. The summed E-state index contributed by atoms with van der Waals surface area (Å²) in [6, 6.07) is 0.867. The van der Waals surface area contributed by atoms with E-state index in [1.54, 1.807) is 0 Å². The molecule has 1 saturated carbocycles. The maximum Gasteiger partial charge on any atom is 0.0185 e. The fraction of sp³-hybridized carbons (Fsp3) is 1.00. The second-order valence-corrected chi connectivity index (χ2v) is 6.20. The summed E-state index contributed by atoms with van der Waals surface area (Å²) in [4.78, 5) is 2.80. The third-order valence-corrected chi connectivity index (χ3v) is 4.99. The minimum Gasteiger partial charge on any atom is -0.330 e. The molecule has 1 atom stereocenters. The van der Waals surface area contributed by atoms with Crippen LogP contribution in [0.4, 0.5) is 0 Å². The first-order chi connectivity index (χ1) is 7.66. The predicted molar refractivity (Wildman–Crippen MR) is 69.4 cm³/mol. The molecule has 0 spiro atoms. The van der Waals surface area contributed by atoms with Crippen LogP contribution in [0.3, 0.4) is 0 Å². The molecule has 0 aromatic rings. The first-order valence-corrected chi connectivity index (χ1v) is 7.13. The summed E-state index contributed by atoms with van der Waals surface area (Å²) < 4.78 is 0. The Morgan fingerprint density at radius 2 is 1.81 bits per heavy atom. The van der Waals surface area contributed by atoms with Gasteiger partial charge in [0.05, 0.1) is 0 Å². The van der Waals surface area contributed by atoms with Gasteiger partial charge in [-0.05, 0) is 58.5 Å². The van der Waals surface area contributed by atoms with Crippen LogP contribution in [0.5, 0.6) is 0 Å². The fourth-order valence-electron chi connectivity index (χ4n) is 3.92. The molecule has 2 heteroatoms. The predicted octanol–water partition coefficient (Wildman–Crippen LogP) is 2.77. The second-order valence-electron chi connectivity index (χ2n) is 6.20. The van der Waals surface area contributed by atoms with Gasteiger partial charge in [-0.3, -0.25) is 4.90 Å². The van der Waals surface area contributed by atoms with Gasteiger partial charge < -0.3 is 5.73 Å². The third kappa shape index (κ3) is 2.28. The molecule has 0 bridgehead atoms. The van der Waals surface area contributed by atoms with E-state index in [0.29, 0.717) is 5.54 Å². The molecule has 0 radical (unpaired) electrons. The van der Waals surface area contributed by atoms with E-state index in [1.165, 1.54) is 51.5 Å². The van der Waals surface area contributed by atoms with Crippen LogP contribution in [-0.2, 0) is 0 Å². The molecule has 94 valence electrons. The molecule has 2 N–H and O–H groups in total. The van der Waals surface area contributed by atoms with E-state index in [1.807, 2.05) is 0 Å². The van der Waals surface area contributed by atoms with Crippen LogP contribution in [0.15, 0.2) is 0 Å². The Labute approximate surface area is 101 Å². The van der Waals surface area contributed by atoms with Gasteiger partial charge in [0.1, 0.15) is 0 Å². The van der Waals surface area contributed by atoms with Crippen LogP contribution in [0.25, 0.3) is 0 Å². The van der Waals surface area contributed by atoms with Gasteiger partial charge in [0, 0.05) is 11.6 Å². The van der Waals surface area contributed by atoms with Crippen LogP contribution >= 0.6 is 0 Å². The molecule has 0 aromatic carbocycles. The molecule has 0 amide bonds. The zero-order chi connectivity index (χ0) is 11.6. The molecule has 2 aliphatic rings. The molecule has 2 rings (SSSR count). The molecular formula is C14H28N2. The second kappa shape index (κ2) is 5.05. The number of hydrogen-bond donors (Lipinski definition) is 1. The van der Waals surface area contributed by atoms with Crippen molar-refractivity contribution < 1.29 is 0 Å². The maximum absolute atomic E-state index is 5.73. The number of rotatable bonds is 3. The normalized spacial score (nSPS) is 32.1. The molecular weight excluding hydrogens is 196 g/mol. The highest BCUT2D eigenvalue weighted by Crippen LogP contribution is 2.40. The first kappa shape index (κ1) is 12.4. The average Bonchev–Trinajstić information content (AvgIpc) is 2.57. The van der Waals surface area contributed by atoms with Crippen molar-refractivity contribution in [2.75, 3.05) is 13.1 Å². The van der Waals surface area contributed by atoms with E-state index in [4.69, 9.17) is 5.73 Å². The number of likely N-dealkylation sites (tertiary alicyclic amines) is 1. The van der Waals surface area contributed by atoms with Crippen molar-refractivity contribution in [2.24, 2.45) is 11.7 Å². The van der Waals surface area contributed by atoms with E-state index < -0.39 is 0 Å². The highest BCUT2D eigenvalue weighted by Gasteiger charge is 2.43. The van der Waals surface area contributed by atoms with E-state index in [9.17, 15) is 0 Å². The summed E-state index contributed by atoms with van der Waals surface area (Å²) in [6.45, 7) is 7.04. The molecule has 16 heavy (non-hydrogen) atoms. The van der Waals surface area contributed by atoms with Gasteiger partial charge in [0.2, 0.25) is 0 Å². The van der Waals surface area contributed by atoms with Crippen LogP contribution in [0, 0.1) is 5.92 Å². The van der Waals surface area contributed by atoms with Gasteiger partial charge in [-0.25, -0.2) is 0 Å². The lowest BCUT2D eigenvalue weighted by atomic mass is 9.84. The van der Waals surface area contributed by atoms with Gasteiger partial charge in [-0.2, -0.15) is 0 Å². The maximum atomic E-state index is 5.73. The van der Waals surface area contributed by atoms with Gasteiger partial charge in [-0.1, -0.05) is 19.3 Å². The van der Waals surface area contributed by atoms with Crippen molar-refractivity contribution in [1.82, 2.24) is 4.90 Å². The lowest BCUT2D eigenvalue weighted by molar-refractivity contribution is 0.0661. The zero-order valence-electron chi connectivity index (χ0n) is 11.0. The van der Waals surface area contributed by atoms with Crippen molar-refractivity contribution in [3.63, 3.8) is 0 Å². The van der Waals surface area contributed by atoms with Crippen LogP contribution < -0.4 is 5.73 Å². The van der Waals surface area contributed by atoms with Crippen molar-refractivity contribution in [1.29, 1.82) is 0 Å². The zero-order valence-corrected chi connectivity index (χ0v) is 11.0. The topological polar surface area (TPSA) is 29.3 Å². The van der Waals surface area contributed by atoms with E-state index in [0.717, 1.165) is 18.5 Å². The largest absolute Gasteiger partial charge is 0.330 e. The van der Waals surface area contributed by atoms with Crippen molar-refractivity contribution in [2.45, 2.75) is 70.4 Å². The quantitative estimate of drug-likeness (QED) is 0.798. The highest BCUT2D eigenvalue weighted by molar-refractivity contribution is 4.98. The standard InChI is InChI=1S/C14H28N2/c1-14(2)12(8-10-15)9-11-16(14)13-6-4-3-5-7-13/h12-13H,3-11,15H2,1-2H3.